The Morgan fingerprint density at radius 2 is 1.69 bits per heavy atom. The Labute approximate surface area is 211 Å². The zero-order chi connectivity index (χ0) is 26.0. The Bertz CT molecular complexity index is 1300. The van der Waals surface area contributed by atoms with Crippen LogP contribution in [0.4, 0.5) is 10.3 Å². The van der Waals surface area contributed by atoms with Crippen LogP contribution < -0.4 is 14.2 Å². The number of hydrogen-bond acceptors (Lipinski definition) is 11. The van der Waals surface area contributed by atoms with Gasteiger partial charge in [0.2, 0.25) is 27.7 Å². The number of methoxy groups -OCH3 is 3. The molecule has 0 aromatic carbocycles. The van der Waals surface area contributed by atoms with E-state index in [-0.39, 0.29) is 48.0 Å². The lowest BCUT2D eigenvalue weighted by molar-refractivity contribution is 0.0950. The second-order valence-corrected chi connectivity index (χ2v) is 10.5. The van der Waals surface area contributed by atoms with Crippen molar-refractivity contribution in [3.8, 4) is 17.4 Å². The number of hydrogen-bond donors (Lipinski definition) is 1. The maximum Gasteiger partial charge on any atom is 0.245 e. The number of alkyl halides is 1. The highest BCUT2D eigenvalue weighted by Gasteiger charge is 2.39. The van der Waals surface area contributed by atoms with Gasteiger partial charge in [0.15, 0.2) is 11.5 Å². The van der Waals surface area contributed by atoms with Gasteiger partial charge in [-0.2, -0.15) is 9.97 Å². The van der Waals surface area contributed by atoms with Gasteiger partial charge in [-0.05, 0) is 19.8 Å². The van der Waals surface area contributed by atoms with Crippen LogP contribution in [0.2, 0.25) is 5.02 Å². The van der Waals surface area contributed by atoms with E-state index >= 15 is 0 Å². The Morgan fingerprint density at radius 1 is 1.08 bits per heavy atom. The highest BCUT2D eigenvalue weighted by molar-refractivity contribution is 7.93. The van der Waals surface area contributed by atoms with E-state index in [9.17, 15) is 12.8 Å². The Hall–Kier alpha value is -3.17. The summed E-state index contributed by atoms with van der Waals surface area (Å²) >= 11 is 5.85. The van der Waals surface area contributed by atoms with Crippen LogP contribution in [0.15, 0.2) is 18.7 Å². The van der Waals surface area contributed by atoms with E-state index in [1.807, 2.05) is 0 Å². The summed E-state index contributed by atoms with van der Waals surface area (Å²) in [6.45, 7) is 1.43. The Morgan fingerprint density at radius 3 is 2.22 bits per heavy atom. The fourth-order valence-electron chi connectivity index (χ4n) is 3.80. The van der Waals surface area contributed by atoms with Crippen LogP contribution >= 0.6 is 11.6 Å². The summed E-state index contributed by atoms with van der Waals surface area (Å²) in [5.41, 5.74) is 0.166. The van der Waals surface area contributed by atoms with E-state index in [1.54, 1.807) is 0 Å². The van der Waals surface area contributed by atoms with Crippen LogP contribution in [0.3, 0.4) is 0 Å². The van der Waals surface area contributed by atoms with E-state index in [2.05, 4.69) is 34.9 Å². The van der Waals surface area contributed by atoms with Crippen molar-refractivity contribution in [2.45, 2.75) is 43.2 Å². The first kappa shape index (κ1) is 25.9. The van der Waals surface area contributed by atoms with E-state index < -0.39 is 27.5 Å². The molecule has 1 aliphatic rings. The normalized spacial score (nSPS) is 19.3. The molecule has 13 nitrogen and oxygen atoms in total. The topological polar surface area (TPSA) is 156 Å². The predicted octanol–water partition coefficient (Wildman–Crippen LogP) is 2.25. The molecule has 2 atom stereocenters. The lowest BCUT2D eigenvalue weighted by atomic mass is 9.83. The van der Waals surface area contributed by atoms with Crippen molar-refractivity contribution in [2.24, 2.45) is 0 Å². The van der Waals surface area contributed by atoms with Crippen molar-refractivity contribution in [1.82, 2.24) is 34.7 Å². The van der Waals surface area contributed by atoms with Gasteiger partial charge in [0, 0.05) is 25.4 Å². The number of nitrogens with zero attached hydrogens (tertiary/aromatic N) is 7. The molecule has 194 valence electrons. The van der Waals surface area contributed by atoms with Crippen molar-refractivity contribution in [1.29, 1.82) is 0 Å². The third-order valence-corrected chi connectivity index (χ3v) is 7.69. The van der Waals surface area contributed by atoms with Crippen molar-refractivity contribution >= 4 is 27.6 Å². The molecule has 3 aromatic rings. The molecule has 0 saturated heterocycles. The van der Waals surface area contributed by atoms with Gasteiger partial charge < -0.3 is 14.2 Å². The van der Waals surface area contributed by atoms with Gasteiger partial charge in [-0.25, -0.2) is 22.8 Å². The maximum absolute atomic E-state index is 13.7. The number of rotatable bonds is 10. The number of anilines is 1. The zero-order valence-electron chi connectivity index (χ0n) is 19.8. The molecule has 0 radical (unpaired) electrons. The predicted molar refractivity (Wildman–Crippen MR) is 126 cm³/mol. The molecule has 0 bridgehead atoms. The average molecular weight is 543 g/mol. The first-order valence-electron chi connectivity index (χ1n) is 10.7. The third kappa shape index (κ3) is 4.90. The molecule has 1 saturated carbocycles. The molecule has 0 amide bonds. The number of sulfonamides is 1. The van der Waals surface area contributed by atoms with E-state index in [0.717, 1.165) is 0 Å². The average Bonchev–Trinajstić information content (AvgIpc) is 3.24. The van der Waals surface area contributed by atoms with Crippen LogP contribution in [-0.2, 0) is 14.8 Å². The van der Waals surface area contributed by atoms with Gasteiger partial charge in [-0.3, -0.25) is 9.29 Å². The molecular formula is C20H24ClFN8O5S. The van der Waals surface area contributed by atoms with Crippen LogP contribution in [0.25, 0.3) is 5.69 Å². The summed E-state index contributed by atoms with van der Waals surface area (Å²) in [6, 6.07) is 0. The summed E-state index contributed by atoms with van der Waals surface area (Å²) in [7, 11) is -0.0560. The van der Waals surface area contributed by atoms with Crippen LogP contribution in [0.1, 0.15) is 43.4 Å². The van der Waals surface area contributed by atoms with Crippen LogP contribution in [-0.4, -0.2) is 75.9 Å². The van der Waals surface area contributed by atoms with E-state index in [0.29, 0.717) is 10.8 Å². The lowest BCUT2D eigenvalue weighted by Crippen LogP contribution is -2.33. The number of nitrogens with one attached hydrogen (secondary N) is 1. The summed E-state index contributed by atoms with van der Waals surface area (Å²) < 4.78 is 60.5. The standard InChI is InChI=1S/C20H24ClFN8O5S/c1-10(15(33-2)16-23-7-12(21)8-24-16)36(31,32)29-20-28-27-17(11-5-13(22)6-11)30(20)14-18(34-3)25-9-26-19(14)35-4/h7-11,13,15H,5-6H2,1-4H3,(H,28,29)/t10-,11-,13+,15-/m0/s1. The van der Waals surface area contributed by atoms with E-state index in [1.165, 1.54) is 51.5 Å². The minimum absolute atomic E-state index is 0.0804. The van der Waals surface area contributed by atoms with Crippen molar-refractivity contribution in [2.75, 3.05) is 26.1 Å². The highest BCUT2D eigenvalue weighted by Crippen LogP contribution is 2.42. The molecule has 0 aliphatic heterocycles. The Balaban J connectivity index is 1.76. The molecular weight excluding hydrogens is 519 g/mol. The summed E-state index contributed by atoms with van der Waals surface area (Å²) in [6.07, 6.45) is 2.31. The van der Waals surface area contributed by atoms with Gasteiger partial charge in [0.05, 0.1) is 19.2 Å². The minimum Gasteiger partial charge on any atom is -0.479 e. The molecule has 0 unspecified atom stereocenters. The van der Waals surface area contributed by atoms with Gasteiger partial charge in [-0.15, -0.1) is 10.2 Å². The van der Waals surface area contributed by atoms with Gasteiger partial charge in [-0.1, -0.05) is 11.6 Å². The highest BCUT2D eigenvalue weighted by atomic mass is 35.5. The van der Waals surface area contributed by atoms with E-state index in [4.69, 9.17) is 25.8 Å². The number of aromatic nitrogens is 7. The molecule has 1 aliphatic carbocycles. The molecule has 4 rings (SSSR count). The Kier molecular flexibility index (Phi) is 7.51. The molecule has 3 heterocycles. The number of ether oxygens (including phenoxy) is 3. The third-order valence-electron chi connectivity index (χ3n) is 5.80. The largest absolute Gasteiger partial charge is 0.479 e. The fourth-order valence-corrected chi connectivity index (χ4v) is 5.03. The summed E-state index contributed by atoms with van der Waals surface area (Å²) in [4.78, 5) is 16.3. The first-order chi connectivity index (χ1) is 17.2. The van der Waals surface area contributed by atoms with Gasteiger partial charge >= 0.3 is 0 Å². The molecule has 36 heavy (non-hydrogen) atoms. The minimum atomic E-state index is -4.17. The smallest absolute Gasteiger partial charge is 0.245 e. The van der Waals surface area contributed by atoms with Crippen LogP contribution in [0.5, 0.6) is 11.8 Å². The first-order valence-corrected chi connectivity index (χ1v) is 12.7. The van der Waals surface area contributed by atoms with Gasteiger partial charge in [0.25, 0.3) is 0 Å². The number of halogens is 2. The molecule has 1 fully saturated rings. The second kappa shape index (κ2) is 10.4. The monoisotopic (exact) mass is 542 g/mol. The van der Waals surface area contributed by atoms with Crippen LogP contribution in [0, 0.1) is 0 Å². The summed E-state index contributed by atoms with van der Waals surface area (Å²) in [5.74, 6) is 0.105. The van der Waals surface area contributed by atoms with Crippen molar-refractivity contribution < 1.29 is 27.0 Å². The fraction of sp³-hybridized carbons (Fsp3) is 0.500. The quantitative estimate of drug-likeness (QED) is 0.400. The van der Waals surface area contributed by atoms with Gasteiger partial charge in [0.1, 0.15) is 29.7 Å². The molecule has 3 aromatic heterocycles. The molecule has 0 spiro atoms. The van der Waals surface area contributed by atoms with Crippen molar-refractivity contribution in [3.05, 3.63) is 35.4 Å². The zero-order valence-corrected chi connectivity index (χ0v) is 21.4. The maximum atomic E-state index is 13.7. The molecule has 1 N–H and O–H groups in total. The molecule has 16 heteroatoms. The second-order valence-electron chi connectivity index (χ2n) is 7.99. The SMILES string of the molecule is COc1ncnc(OC)c1-n1c(NS(=O)(=O)[C@@H](C)[C@H](OC)c2ncc(Cl)cn2)nnc1[C@H]1C[C@@H](F)C1. The summed E-state index contributed by atoms with van der Waals surface area (Å²) in [5, 5.41) is 7.33. The van der Waals surface area contributed by atoms with Crippen molar-refractivity contribution in [3.63, 3.8) is 0 Å². The lowest BCUT2D eigenvalue weighted by Gasteiger charge is -2.29.